The average Bonchev–Trinajstić information content (AvgIpc) is 2.60. The molecule has 0 saturated heterocycles. The number of sulfonamides is 1. The van der Waals surface area contributed by atoms with E-state index in [0.29, 0.717) is 5.65 Å². The molecule has 2 aromatic heterocycles. The number of rotatable bonds is 2. The molecule has 6 nitrogen and oxygen atoms in total. The van der Waals surface area contributed by atoms with E-state index in [1.54, 1.807) is 0 Å². The van der Waals surface area contributed by atoms with Crippen molar-refractivity contribution in [3.8, 4) is 0 Å². The fourth-order valence-corrected chi connectivity index (χ4v) is 2.32. The third kappa shape index (κ3) is 1.66. The largest absolute Gasteiger partial charge is 0.285 e. The molecular weight excluding hydrogens is 252 g/mol. The molecule has 2 rings (SSSR count). The van der Waals surface area contributed by atoms with E-state index in [9.17, 15) is 8.42 Å². The highest BCUT2D eigenvalue weighted by Crippen LogP contribution is 2.16. The molecule has 0 amide bonds. The summed E-state index contributed by atoms with van der Waals surface area (Å²) < 4.78 is 26.3. The van der Waals surface area contributed by atoms with Gasteiger partial charge in [-0.2, -0.15) is 0 Å². The van der Waals surface area contributed by atoms with Crippen molar-refractivity contribution < 1.29 is 8.42 Å². The quantitative estimate of drug-likeness (QED) is 0.794. The molecule has 0 bridgehead atoms. The third-order valence-electron chi connectivity index (χ3n) is 2.08. The van der Waals surface area contributed by atoms with Crippen LogP contribution in [0.3, 0.4) is 0 Å². The average molecular weight is 261 g/mol. The van der Waals surface area contributed by atoms with Gasteiger partial charge in [0.1, 0.15) is 5.15 Å². The van der Waals surface area contributed by atoms with Gasteiger partial charge in [0.15, 0.2) is 10.7 Å². The van der Waals surface area contributed by atoms with Gasteiger partial charge in [-0.15, -0.1) is 0 Å². The van der Waals surface area contributed by atoms with E-state index in [-0.39, 0.29) is 10.2 Å². The summed E-state index contributed by atoms with van der Waals surface area (Å²) in [5.41, 5.74) is 0.435. The molecule has 0 aromatic carbocycles. The van der Waals surface area contributed by atoms with Crippen molar-refractivity contribution in [2.24, 2.45) is 0 Å². The van der Waals surface area contributed by atoms with Crippen LogP contribution in [0.2, 0.25) is 5.15 Å². The number of nitrogens with zero attached hydrogens (tertiary/aromatic N) is 4. The van der Waals surface area contributed by atoms with Crippen molar-refractivity contribution in [1.82, 2.24) is 18.7 Å². The highest BCUT2D eigenvalue weighted by atomic mass is 35.5. The van der Waals surface area contributed by atoms with Gasteiger partial charge in [-0.1, -0.05) is 11.6 Å². The maximum Gasteiger partial charge on any atom is 0.260 e. The summed E-state index contributed by atoms with van der Waals surface area (Å²) in [6, 6.07) is 0. The molecule has 0 N–H and O–H groups in total. The first-order valence-corrected chi connectivity index (χ1v) is 6.16. The summed E-state index contributed by atoms with van der Waals surface area (Å²) in [5.74, 6) is 0. The molecule has 0 aliphatic rings. The maximum absolute atomic E-state index is 11.9. The second kappa shape index (κ2) is 3.69. The van der Waals surface area contributed by atoms with Crippen LogP contribution in [0.5, 0.6) is 0 Å². The number of imidazole rings is 1. The highest BCUT2D eigenvalue weighted by Gasteiger charge is 2.21. The Morgan fingerprint density at radius 2 is 2.00 bits per heavy atom. The fourth-order valence-electron chi connectivity index (χ4n) is 1.22. The molecule has 0 unspecified atom stereocenters. The first-order valence-electron chi connectivity index (χ1n) is 4.34. The Morgan fingerprint density at radius 3 is 2.62 bits per heavy atom. The van der Waals surface area contributed by atoms with E-state index < -0.39 is 10.0 Å². The number of aromatic nitrogens is 3. The second-order valence-corrected chi connectivity index (χ2v) is 5.81. The number of halogens is 1. The first kappa shape index (κ1) is 11.3. The van der Waals surface area contributed by atoms with Gasteiger partial charge in [0.05, 0.1) is 12.4 Å². The predicted molar refractivity (Wildman–Crippen MR) is 58.9 cm³/mol. The zero-order valence-corrected chi connectivity index (χ0v) is 10.2. The summed E-state index contributed by atoms with van der Waals surface area (Å²) >= 11 is 5.71. The van der Waals surface area contributed by atoms with E-state index in [2.05, 4.69) is 9.97 Å². The molecule has 0 radical (unpaired) electrons. The lowest BCUT2D eigenvalue weighted by Crippen LogP contribution is -2.23. The maximum atomic E-state index is 11.9. The van der Waals surface area contributed by atoms with Gasteiger partial charge in [-0.25, -0.2) is 22.7 Å². The van der Waals surface area contributed by atoms with Crippen molar-refractivity contribution in [1.29, 1.82) is 0 Å². The summed E-state index contributed by atoms with van der Waals surface area (Å²) in [7, 11) is -0.618. The van der Waals surface area contributed by atoms with Gasteiger partial charge in [0, 0.05) is 20.3 Å². The van der Waals surface area contributed by atoms with E-state index in [4.69, 9.17) is 11.6 Å². The lowest BCUT2D eigenvalue weighted by atomic mass is 10.7. The van der Waals surface area contributed by atoms with Crippen LogP contribution in [-0.2, 0) is 10.0 Å². The molecule has 0 aliphatic carbocycles. The fraction of sp³-hybridized carbons (Fsp3) is 0.250. The molecule has 0 saturated carbocycles. The Labute approximate surface area is 97.5 Å². The third-order valence-corrected chi connectivity index (χ3v) is 4.06. The number of hydrogen-bond acceptors (Lipinski definition) is 4. The number of hydrogen-bond donors (Lipinski definition) is 0. The van der Waals surface area contributed by atoms with Crippen LogP contribution in [0, 0.1) is 0 Å². The molecule has 16 heavy (non-hydrogen) atoms. The minimum absolute atomic E-state index is 0.0665. The van der Waals surface area contributed by atoms with Gasteiger partial charge in [-0.3, -0.25) is 4.40 Å². The van der Waals surface area contributed by atoms with E-state index >= 15 is 0 Å². The van der Waals surface area contributed by atoms with Gasteiger partial charge in [0.25, 0.3) is 10.0 Å². The lowest BCUT2D eigenvalue weighted by Gasteiger charge is -2.10. The van der Waals surface area contributed by atoms with Crippen molar-refractivity contribution >= 4 is 27.3 Å². The molecule has 0 fully saturated rings. The second-order valence-electron chi connectivity index (χ2n) is 3.32. The molecule has 2 aromatic rings. The van der Waals surface area contributed by atoms with E-state index in [0.717, 1.165) is 4.31 Å². The van der Waals surface area contributed by atoms with E-state index in [1.807, 2.05) is 0 Å². The van der Waals surface area contributed by atoms with Crippen LogP contribution in [0.15, 0.2) is 23.6 Å². The summed E-state index contributed by atoms with van der Waals surface area (Å²) in [5, 5.41) is 0.275. The van der Waals surface area contributed by atoms with E-state index in [1.165, 1.54) is 37.1 Å². The molecule has 0 spiro atoms. The van der Waals surface area contributed by atoms with Crippen molar-refractivity contribution in [3.05, 3.63) is 23.7 Å². The zero-order valence-electron chi connectivity index (χ0n) is 8.62. The van der Waals surface area contributed by atoms with Crippen molar-refractivity contribution in [2.45, 2.75) is 5.03 Å². The van der Waals surface area contributed by atoms with Gasteiger partial charge in [-0.05, 0) is 0 Å². The summed E-state index contributed by atoms with van der Waals surface area (Å²) in [6.45, 7) is 0. The van der Waals surface area contributed by atoms with Crippen LogP contribution < -0.4 is 0 Å². The molecule has 0 aliphatic heterocycles. The summed E-state index contributed by atoms with van der Waals surface area (Å²) in [4.78, 5) is 7.77. The predicted octanol–water partition coefficient (Wildman–Crippen LogP) is 0.633. The lowest BCUT2D eigenvalue weighted by molar-refractivity contribution is 0.516. The smallest absolute Gasteiger partial charge is 0.260 e. The topological polar surface area (TPSA) is 67.6 Å². The van der Waals surface area contributed by atoms with Crippen LogP contribution in [0.4, 0.5) is 0 Å². The van der Waals surface area contributed by atoms with Crippen LogP contribution >= 0.6 is 11.6 Å². The monoisotopic (exact) mass is 260 g/mol. The highest BCUT2D eigenvalue weighted by molar-refractivity contribution is 7.89. The standard InChI is InChI=1S/C8H9ClN4O2S/c1-12(2)16(14,15)8-4-11-7-3-10-6(9)5-13(7)8/h3-5H,1-2H3. The van der Waals surface area contributed by atoms with Crippen molar-refractivity contribution in [2.75, 3.05) is 14.1 Å². The minimum Gasteiger partial charge on any atom is -0.285 e. The Bertz CT molecular complexity index is 635. The van der Waals surface area contributed by atoms with Gasteiger partial charge < -0.3 is 0 Å². The molecule has 0 atom stereocenters. The SMILES string of the molecule is CN(C)S(=O)(=O)c1cnc2cnc(Cl)cn12. The van der Waals surface area contributed by atoms with Gasteiger partial charge >= 0.3 is 0 Å². The summed E-state index contributed by atoms with van der Waals surface area (Å²) in [6.07, 6.45) is 4.11. The Kier molecular flexibility index (Phi) is 2.61. The Balaban J connectivity index is 2.76. The van der Waals surface area contributed by atoms with Crippen LogP contribution in [-0.4, -0.2) is 41.2 Å². The van der Waals surface area contributed by atoms with Crippen molar-refractivity contribution in [3.63, 3.8) is 0 Å². The molecule has 8 heteroatoms. The molecular formula is C8H9ClN4O2S. The van der Waals surface area contributed by atoms with Crippen LogP contribution in [0.25, 0.3) is 5.65 Å². The Morgan fingerprint density at radius 1 is 1.31 bits per heavy atom. The zero-order chi connectivity index (χ0) is 11.9. The molecule has 86 valence electrons. The molecule has 2 heterocycles. The Hall–Kier alpha value is -1.18. The van der Waals surface area contributed by atoms with Gasteiger partial charge in [0.2, 0.25) is 0 Å². The number of fused-ring (bicyclic) bond motifs is 1. The normalized spacial score (nSPS) is 12.5. The first-order chi connectivity index (χ1) is 7.43. The van der Waals surface area contributed by atoms with Crippen LogP contribution in [0.1, 0.15) is 0 Å². The minimum atomic E-state index is -3.53.